The van der Waals surface area contributed by atoms with Gasteiger partial charge in [0.2, 0.25) is 12.2 Å². The van der Waals surface area contributed by atoms with Crippen LogP contribution in [-0.4, -0.2) is 299 Å². The number of alkyl halides is 3. The van der Waals surface area contributed by atoms with Gasteiger partial charge in [0.1, 0.15) is 16.8 Å². The van der Waals surface area contributed by atoms with Crippen molar-refractivity contribution in [3.05, 3.63) is 0 Å². The largest absolute Gasteiger partial charge is 0.481 e. The van der Waals surface area contributed by atoms with Gasteiger partial charge in [-0.15, -0.1) is 0 Å². The predicted octanol–water partition coefficient (Wildman–Crippen LogP) is 4.58. The number of carboxylic acids is 1. The van der Waals surface area contributed by atoms with Crippen molar-refractivity contribution in [3.8, 4) is 0 Å². The van der Waals surface area contributed by atoms with E-state index in [0.29, 0.717) is 45.3 Å². The van der Waals surface area contributed by atoms with Crippen LogP contribution in [0.5, 0.6) is 0 Å². The first kappa shape index (κ1) is 79.9. The molecule has 10 saturated heterocycles. The maximum absolute atomic E-state index is 12.1. The first-order valence-corrected chi connectivity index (χ1v) is 29.9. The third-order valence-corrected chi connectivity index (χ3v) is 13.4. The summed E-state index contributed by atoms with van der Waals surface area (Å²) >= 11 is 0. The van der Waals surface area contributed by atoms with E-state index in [1.165, 1.54) is 50.2 Å². The SMILES string of the molecule is C.C1CCOC1.C1CCOC1.C1CN(CC2CNC2)CCO1.C1COCCN1.CC(C)(C)OC(=O)N1CC(C(=O)N2CCOCC2)C1.CC(C)(C)OC(=O)N1CC(C(=O)O)C1.CC(C)(C)OC(=O)N1CC(CN2CCOCC2)C1.O=CC(F)(F)F.[B]. The van der Waals surface area contributed by atoms with Gasteiger partial charge in [0.25, 0.3) is 0 Å². The van der Waals surface area contributed by atoms with Crippen LogP contribution in [0.15, 0.2) is 0 Å². The van der Waals surface area contributed by atoms with Crippen LogP contribution in [0.4, 0.5) is 27.6 Å². The Morgan fingerprint density at radius 2 is 0.791 bits per heavy atom. The fraction of sp³-hybridized carbons (Fsp3) is 0.897. The minimum atomic E-state index is -4.64. The summed E-state index contributed by atoms with van der Waals surface area (Å²) in [6, 6.07) is 0. The number of halogens is 3. The fourth-order valence-electron chi connectivity index (χ4n) is 8.74. The van der Waals surface area contributed by atoms with Gasteiger partial charge in [-0.2, -0.15) is 13.2 Å². The van der Waals surface area contributed by atoms with Crippen LogP contribution in [0.1, 0.15) is 95.4 Å². The number of aldehydes is 1. The van der Waals surface area contributed by atoms with Gasteiger partial charge >= 0.3 is 30.4 Å². The van der Waals surface area contributed by atoms with Crippen LogP contribution in [0.3, 0.4) is 0 Å². The second-order valence-corrected chi connectivity index (χ2v) is 24.7. The average Bonchev–Trinajstić information content (AvgIpc) is 1.75. The summed E-state index contributed by atoms with van der Waals surface area (Å²) in [5.74, 6) is 0.268. The van der Waals surface area contributed by atoms with E-state index in [2.05, 4.69) is 20.4 Å². The van der Waals surface area contributed by atoms with Crippen molar-refractivity contribution < 1.29 is 89.7 Å². The maximum atomic E-state index is 12.1. The van der Waals surface area contributed by atoms with E-state index in [-0.39, 0.29) is 52.9 Å². The molecule has 10 aliphatic rings. The summed E-state index contributed by atoms with van der Waals surface area (Å²) in [4.78, 5) is 77.6. The van der Waals surface area contributed by atoms with E-state index in [0.717, 1.165) is 131 Å². The smallest absolute Gasteiger partial charge is 0.446 e. The summed E-state index contributed by atoms with van der Waals surface area (Å²) in [6.45, 7) is 42.6. The molecule has 4 amide bonds. The van der Waals surface area contributed by atoms with Crippen molar-refractivity contribution in [1.29, 1.82) is 0 Å². The van der Waals surface area contributed by atoms with Gasteiger partial charge in [-0.25, -0.2) is 14.4 Å². The summed E-state index contributed by atoms with van der Waals surface area (Å²) in [7, 11) is 0. The molecule has 28 heteroatoms. The molecular weight excluding hydrogens is 1130 g/mol. The number of hydrogen-bond donors (Lipinski definition) is 3. The molecule has 10 rings (SSSR count). The standard InChI is InChI=1S/C13H22N2O4.C13H24N2O3.C9H15NO4.C8H16N2O.C4H9NO.2C4H8O.C2HF3O.CH4.B/c1-13(2,3)19-12(17)15-8-10(9-15)11(16)14-4-6-18-7-5-14;1-13(2,3)18-12(16)15-9-11(10-15)8-14-4-6-17-7-5-14;1-9(2,3)14-8(13)10-4-6(5-10)7(11)12;1-3-11-4-2-10(1)7-8-5-9-6-8;1-3-6-4-2-5-1;2*1-2-4-5-3-1;3-2(4,5)1-6;;/h10H,4-9H2,1-3H3;11H,4-10H2,1-3H3;6H,4-5H2,1-3H3,(H,11,12);8-9H,1-7H2;5H,1-4H2;2*1-4H2;1H;1H4;. The van der Waals surface area contributed by atoms with Crippen LogP contribution in [0, 0.1) is 23.7 Å². The van der Waals surface area contributed by atoms with Crippen LogP contribution in [0.25, 0.3) is 0 Å². The van der Waals surface area contributed by atoms with Gasteiger partial charge in [0.15, 0.2) is 0 Å². The van der Waals surface area contributed by atoms with E-state index in [1.54, 1.807) is 30.6 Å². The number of carbonyl (C=O) groups is 6. The molecule has 0 unspecified atom stereocenters. The molecular formula is C58H107BF3N8O16. The number of hydrogen-bond acceptors (Lipinski definition) is 19. The molecule has 0 aromatic heterocycles. The number of rotatable bonds is 6. The summed E-state index contributed by atoms with van der Waals surface area (Å²) in [6.07, 6.45) is -1.54. The Morgan fingerprint density at radius 3 is 1.06 bits per heavy atom. The van der Waals surface area contributed by atoms with Gasteiger partial charge in [0, 0.05) is 159 Å². The Bertz CT molecular complexity index is 1830. The second kappa shape index (κ2) is 42.0. The van der Waals surface area contributed by atoms with Gasteiger partial charge in [-0.1, -0.05) is 7.43 Å². The van der Waals surface area contributed by atoms with Crippen molar-refractivity contribution in [1.82, 2.24) is 40.0 Å². The number of amides is 4. The Kier molecular flexibility index (Phi) is 39.0. The Hall–Kier alpha value is -4.13. The maximum Gasteiger partial charge on any atom is 0.446 e. The lowest BCUT2D eigenvalue weighted by molar-refractivity contribution is -0.156. The molecule has 0 spiro atoms. The quantitative estimate of drug-likeness (QED) is 0.187. The normalized spacial score (nSPS) is 21.1. The van der Waals surface area contributed by atoms with Gasteiger partial charge in [0.05, 0.1) is 64.7 Å². The Labute approximate surface area is 512 Å². The van der Waals surface area contributed by atoms with Crippen molar-refractivity contribution in [3.63, 3.8) is 0 Å². The molecule has 0 aliphatic carbocycles. The van der Waals surface area contributed by atoms with Crippen molar-refractivity contribution in [2.45, 2.75) is 118 Å². The van der Waals surface area contributed by atoms with E-state index >= 15 is 0 Å². The number of nitrogens with zero attached hydrogens (tertiary/aromatic N) is 6. The van der Waals surface area contributed by atoms with Crippen LogP contribution >= 0.6 is 0 Å². The summed E-state index contributed by atoms with van der Waals surface area (Å²) in [5.41, 5.74) is -1.41. The van der Waals surface area contributed by atoms with E-state index in [4.69, 9.17) is 52.5 Å². The van der Waals surface area contributed by atoms with Gasteiger partial charge in [-0.3, -0.25) is 24.2 Å². The number of likely N-dealkylation sites (tertiary alicyclic amines) is 3. The fourth-order valence-corrected chi connectivity index (χ4v) is 8.74. The predicted molar refractivity (Wildman–Crippen MR) is 318 cm³/mol. The third-order valence-electron chi connectivity index (χ3n) is 13.4. The van der Waals surface area contributed by atoms with Gasteiger partial charge < -0.3 is 78.0 Å². The number of carbonyl (C=O) groups excluding carboxylic acids is 5. The zero-order valence-corrected chi connectivity index (χ0v) is 52.4. The van der Waals surface area contributed by atoms with Crippen molar-refractivity contribution >= 4 is 44.9 Å². The molecule has 24 nitrogen and oxygen atoms in total. The molecule has 10 fully saturated rings. The lowest BCUT2D eigenvalue weighted by atomic mass is 9.99. The summed E-state index contributed by atoms with van der Waals surface area (Å²) in [5, 5.41) is 15.0. The second-order valence-electron chi connectivity index (χ2n) is 24.7. The van der Waals surface area contributed by atoms with Crippen LogP contribution in [0.2, 0.25) is 0 Å². The topological polar surface area (TPSA) is 249 Å². The first-order chi connectivity index (χ1) is 39.6. The molecule has 499 valence electrons. The highest BCUT2D eigenvalue weighted by atomic mass is 19.4. The molecule has 0 saturated carbocycles. The van der Waals surface area contributed by atoms with E-state index in [1.807, 2.05) is 46.4 Å². The number of ether oxygens (including phenoxy) is 9. The number of carboxylic acid groups (broad SMARTS) is 1. The lowest BCUT2D eigenvalue weighted by Crippen LogP contribution is -2.58. The molecule has 3 N–H and O–H groups in total. The minimum absolute atomic E-state index is 0. The number of aliphatic carboxylic acids is 1. The molecule has 86 heavy (non-hydrogen) atoms. The van der Waals surface area contributed by atoms with Crippen molar-refractivity contribution in [2.75, 3.05) is 197 Å². The lowest BCUT2D eigenvalue weighted by Gasteiger charge is -2.42. The van der Waals surface area contributed by atoms with Gasteiger partial charge in [-0.05, 0) is 93.9 Å². The van der Waals surface area contributed by atoms with Crippen LogP contribution in [-0.2, 0) is 57.0 Å². The molecule has 0 bridgehead atoms. The van der Waals surface area contributed by atoms with Crippen LogP contribution < -0.4 is 10.6 Å². The highest BCUT2D eigenvalue weighted by molar-refractivity contribution is 5.83. The molecule has 3 radical (unpaired) electrons. The average molecular weight is 1240 g/mol. The third kappa shape index (κ3) is 37.0. The summed E-state index contributed by atoms with van der Waals surface area (Å²) < 4.78 is 77.6. The molecule has 0 aromatic carbocycles. The minimum Gasteiger partial charge on any atom is -0.481 e. The molecule has 0 atom stereocenters. The van der Waals surface area contributed by atoms with E-state index in [9.17, 15) is 37.1 Å². The Morgan fingerprint density at radius 1 is 0.477 bits per heavy atom. The zero-order valence-electron chi connectivity index (χ0n) is 52.4. The monoisotopic (exact) mass is 1240 g/mol. The molecule has 0 aromatic rings. The first-order valence-electron chi connectivity index (χ1n) is 29.9. The number of nitrogens with one attached hydrogen (secondary N) is 2. The zero-order chi connectivity index (χ0) is 62.2. The Balaban J connectivity index is 0.000000513. The molecule has 10 aliphatic heterocycles. The highest BCUT2D eigenvalue weighted by Gasteiger charge is 2.41. The highest BCUT2D eigenvalue weighted by Crippen LogP contribution is 2.24. The molecule has 10 heterocycles. The number of morpholine rings is 4. The van der Waals surface area contributed by atoms with E-state index < -0.39 is 47.2 Å². The van der Waals surface area contributed by atoms with Crippen molar-refractivity contribution in [2.24, 2.45) is 23.7 Å².